The van der Waals surface area contributed by atoms with Crippen LogP contribution in [0.15, 0.2) is 18.2 Å². The zero-order chi connectivity index (χ0) is 20.1. The van der Waals surface area contributed by atoms with Gasteiger partial charge in [-0.3, -0.25) is 0 Å². The van der Waals surface area contributed by atoms with Crippen molar-refractivity contribution in [1.29, 1.82) is 0 Å². The van der Waals surface area contributed by atoms with Gasteiger partial charge in [-0.05, 0) is 0 Å². The fraction of sp³-hybridized carbons (Fsp3) is 0.500. The van der Waals surface area contributed by atoms with Crippen LogP contribution in [0.3, 0.4) is 0 Å². The zero-order valence-electron chi connectivity index (χ0n) is 16.8. The maximum atomic E-state index is 12.1. The van der Waals surface area contributed by atoms with E-state index in [1.807, 2.05) is 32.0 Å². The molecule has 148 valence electrons. The number of hydrogen-bond acceptors (Lipinski definition) is 4. The van der Waals surface area contributed by atoms with Gasteiger partial charge < -0.3 is 0 Å². The third-order valence-electron chi connectivity index (χ3n) is 5.62. The van der Waals surface area contributed by atoms with Gasteiger partial charge in [0.2, 0.25) is 0 Å². The normalized spacial score (nSPS) is 14.6. The van der Waals surface area contributed by atoms with Gasteiger partial charge in [0.1, 0.15) is 0 Å². The summed E-state index contributed by atoms with van der Waals surface area (Å²) in [6, 6.07) is 5.70. The predicted molar refractivity (Wildman–Crippen MR) is 113 cm³/mol. The van der Waals surface area contributed by atoms with Gasteiger partial charge in [-0.15, -0.1) is 0 Å². The van der Waals surface area contributed by atoms with Gasteiger partial charge in [0.15, 0.2) is 0 Å². The van der Waals surface area contributed by atoms with E-state index in [2.05, 4.69) is 11.0 Å². The quantitative estimate of drug-likeness (QED) is 0.546. The Morgan fingerprint density at radius 2 is 2.00 bits per heavy atom. The molecule has 1 heterocycles. The van der Waals surface area contributed by atoms with Crippen molar-refractivity contribution in [2.24, 2.45) is 0 Å². The van der Waals surface area contributed by atoms with Gasteiger partial charge >= 0.3 is 166 Å². The summed E-state index contributed by atoms with van der Waals surface area (Å²) in [6.45, 7) is 8.61. The monoisotopic (exact) mass is 381 g/mol. The van der Waals surface area contributed by atoms with Gasteiger partial charge in [0, 0.05) is 0 Å². The number of nitrogens with zero attached hydrogens (tertiary/aromatic N) is 1. The Hall–Kier alpha value is -2.37. The Kier molecular flexibility index (Phi) is 6.71. The molecular formula is C22H28BNO4. The molecule has 0 unspecified atom stereocenters. The molecule has 0 radical (unpaired) electrons. The van der Waals surface area contributed by atoms with Gasteiger partial charge in [-0.1, -0.05) is 0 Å². The summed E-state index contributed by atoms with van der Waals surface area (Å²) in [5, 5.41) is 1.14. The maximum absolute atomic E-state index is 12.1. The second-order valence-electron chi connectivity index (χ2n) is 7.27. The van der Waals surface area contributed by atoms with Crippen molar-refractivity contribution in [3.63, 3.8) is 0 Å². The number of carbonyl (C=O) groups excluding carboxylic acids is 2. The van der Waals surface area contributed by atoms with Crippen LogP contribution in [-0.2, 0) is 20.8 Å². The predicted octanol–water partition coefficient (Wildman–Crippen LogP) is 3.19. The van der Waals surface area contributed by atoms with Crippen molar-refractivity contribution >= 4 is 41.8 Å². The Labute approximate surface area is 166 Å². The molecule has 2 aromatic rings. The van der Waals surface area contributed by atoms with Crippen LogP contribution in [0.5, 0.6) is 0 Å². The SMILES string of the molecule is C=Bc1c(C2CCCCC2)c2ccc(C(=O)OC)cc2n1CCC(=O)OCC. The molecule has 1 aliphatic rings. The Morgan fingerprint density at radius 1 is 1.25 bits per heavy atom. The fourth-order valence-corrected chi connectivity index (χ4v) is 4.36. The first-order chi connectivity index (χ1) is 13.6. The first-order valence-corrected chi connectivity index (χ1v) is 10.1. The van der Waals surface area contributed by atoms with Gasteiger partial charge in [-0.2, -0.15) is 0 Å². The van der Waals surface area contributed by atoms with E-state index in [1.165, 1.54) is 31.9 Å². The molecule has 6 heteroatoms. The van der Waals surface area contributed by atoms with Gasteiger partial charge in [0.25, 0.3) is 0 Å². The topological polar surface area (TPSA) is 57.5 Å². The number of carbonyl (C=O) groups is 2. The van der Waals surface area contributed by atoms with E-state index >= 15 is 0 Å². The number of aryl methyl sites for hydroxylation is 1. The summed E-state index contributed by atoms with van der Waals surface area (Å²) in [4.78, 5) is 24.0. The van der Waals surface area contributed by atoms with Crippen LogP contribution < -0.4 is 5.59 Å². The summed E-state index contributed by atoms with van der Waals surface area (Å²) in [6.07, 6.45) is 6.36. The van der Waals surface area contributed by atoms with E-state index in [-0.39, 0.29) is 18.4 Å². The van der Waals surface area contributed by atoms with E-state index in [4.69, 9.17) is 9.47 Å². The molecule has 0 N–H and O–H groups in total. The van der Waals surface area contributed by atoms with Crippen molar-refractivity contribution in [2.75, 3.05) is 13.7 Å². The van der Waals surface area contributed by atoms with Crippen molar-refractivity contribution in [1.82, 2.24) is 4.57 Å². The first kappa shape index (κ1) is 20.4. The molecular weight excluding hydrogens is 353 g/mol. The van der Waals surface area contributed by atoms with Crippen LogP contribution in [0, 0.1) is 0 Å². The molecule has 0 saturated heterocycles. The number of rotatable bonds is 7. The number of fused-ring (bicyclic) bond motifs is 1. The Morgan fingerprint density at radius 3 is 2.64 bits per heavy atom. The number of aromatic nitrogens is 1. The standard InChI is InChI=1S/C22H28BNO4/c1-4-28-19(25)12-13-24-18-14-16(22(26)27-3)10-11-17(18)20(21(24)23-2)15-8-6-5-7-9-15/h10-11,14-15H,2,4-9,12-13H2,1,3H3. The Balaban J connectivity index is 2.11. The fourth-order valence-electron chi connectivity index (χ4n) is 4.36. The molecule has 1 saturated carbocycles. The molecule has 1 aliphatic carbocycles. The number of esters is 2. The molecule has 0 aliphatic heterocycles. The first-order valence-electron chi connectivity index (χ1n) is 10.1. The molecule has 28 heavy (non-hydrogen) atoms. The van der Waals surface area contributed by atoms with Crippen molar-refractivity contribution in [2.45, 2.75) is 57.9 Å². The molecule has 1 aromatic carbocycles. The van der Waals surface area contributed by atoms with Crippen molar-refractivity contribution in [3.05, 3.63) is 29.3 Å². The minimum absolute atomic E-state index is 0.220. The molecule has 5 nitrogen and oxygen atoms in total. The van der Waals surface area contributed by atoms with Crippen LogP contribution in [0.2, 0.25) is 0 Å². The number of ether oxygens (including phenoxy) is 2. The third kappa shape index (κ3) is 4.06. The molecule has 1 fully saturated rings. The molecule has 0 amide bonds. The molecule has 0 atom stereocenters. The number of benzene rings is 1. The summed E-state index contributed by atoms with van der Waals surface area (Å²) >= 11 is 0. The van der Waals surface area contributed by atoms with Crippen LogP contribution >= 0.6 is 0 Å². The van der Waals surface area contributed by atoms with Crippen LogP contribution in [-0.4, -0.2) is 43.6 Å². The number of hydrogen-bond donors (Lipinski definition) is 0. The average molecular weight is 381 g/mol. The van der Waals surface area contributed by atoms with Gasteiger partial charge in [-0.25, -0.2) is 0 Å². The Bertz CT molecular complexity index is 880. The van der Waals surface area contributed by atoms with E-state index in [0.29, 0.717) is 24.6 Å². The molecule has 0 bridgehead atoms. The van der Waals surface area contributed by atoms with Crippen LogP contribution in [0.1, 0.15) is 67.3 Å². The van der Waals surface area contributed by atoms with Gasteiger partial charge in [0.05, 0.1) is 0 Å². The van der Waals surface area contributed by atoms with E-state index in [1.54, 1.807) is 0 Å². The molecule has 0 spiro atoms. The third-order valence-corrected chi connectivity index (χ3v) is 5.62. The van der Waals surface area contributed by atoms with Crippen LogP contribution in [0.4, 0.5) is 0 Å². The minimum atomic E-state index is -0.362. The summed E-state index contributed by atoms with van der Waals surface area (Å²) in [5.41, 5.74) is 3.80. The van der Waals surface area contributed by atoms with E-state index < -0.39 is 0 Å². The second kappa shape index (κ2) is 9.22. The summed E-state index contributed by atoms with van der Waals surface area (Å²) in [7, 11) is 1.38. The average Bonchev–Trinajstić information content (AvgIpc) is 3.05. The molecule has 1 aromatic heterocycles. The number of methoxy groups -OCH3 is 1. The summed E-state index contributed by atoms with van der Waals surface area (Å²) < 4.78 is 12.1. The second-order valence-corrected chi connectivity index (χ2v) is 7.27. The molecule has 3 rings (SSSR count). The van der Waals surface area contributed by atoms with Crippen LogP contribution in [0.25, 0.3) is 10.9 Å². The summed E-state index contributed by atoms with van der Waals surface area (Å²) in [5.74, 6) is -0.0980. The zero-order valence-corrected chi connectivity index (χ0v) is 16.8. The van der Waals surface area contributed by atoms with E-state index in [0.717, 1.165) is 29.3 Å². The van der Waals surface area contributed by atoms with Crippen molar-refractivity contribution < 1.29 is 19.1 Å². The van der Waals surface area contributed by atoms with Crippen molar-refractivity contribution in [3.8, 4) is 0 Å². The van der Waals surface area contributed by atoms with E-state index in [9.17, 15) is 9.59 Å².